The van der Waals surface area contributed by atoms with Crippen molar-refractivity contribution in [1.82, 2.24) is 4.90 Å². The Hall–Kier alpha value is -0.570. The molecule has 15 heavy (non-hydrogen) atoms. The van der Waals surface area contributed by atoms with Gasteiger partial charge >= 0.3 is 5.97 Å². The Balaban J connectivity index is 3.89. The lowest BCUT2D eigenvalue weighted by Gasteiger charge is -2.25. The second kappa shape index (κ2) is 6.11. The van der Waals surface area contributed by atoms with Gasteiger partial charge in [0.2, 0.25) is 0 Å². The fraction of sp³-hybridized carbons (Fsp3) is 0.917. The van der Waals surface area contributed by atoms with E-state index in [4.69, 9.17) is 4.74 Å². The van der Waals surface area contributed by atoms with E-state index in [0.717, 1.165) is 13.1 Å². The van der Waals surface area contributed by atoms with E-state index >= 15 is 0 Å². The van der Waals surface area contributed by atoms with Crippen LogP contribution in [-0.2, 0) is 9.53 Å². The van der Waals surface area contributed by atoms with Gasteiger partial charge in [-0.3, -0.25) is 4.79 Å². The maximum atomic E-state index is 11.5. The predicted octanol–water partition coefficient (Wildman–Crippen LogP) is 2.45. The van der Waals surface area contributed by atoms with Gasteiger partial charge in [-0.1, -0.05) is 6.92 Å². The molecule has 90 valence electrons. The van der Waals surface area contributed by atoms with Crippen LogP contribution in [0.3, 0.4) is 0 Å². The van der Waals surface area contributed by atoms with Gasteiger partial charge in [0.05, 0.1) is 6.42 Å². The quantitative estimate of drug-likeness (QED) is 0.660. The molecule has 0 atom stereocenters. The van der Waals surface area contributed by atoms with Crippen molar-refractivity contribution in [2.24, 2.45) is 0 Å². The first-order valence-corrected chi connectivity index (χ1v) is 5.72. The third-order valence-electron chi connectivity index (χ3n) is 2.16. The van der Waals surface area contributed by atoms with Crippen molar-refractivity contribution in [3.05, 3.63) is 0 Å². The third kappa shape index (κ3) is 7.37. The van der Waals surface area contributed by atoms with Gasteiger partial charge in [-0.2, -0.15) is 0 Å². The number of carbonyl (C=O) groups is 1. The summed E-state index contributed by atoms with van der Waals surface area (Å²) in [4.78, 5) is 13.7. The summed E-state index contributed by atoms with van der Waals surface area (Å²) in [6.45, 7) is 13.8. The van der Waals surface area contributed by atoms with E-state index in [1.54, 1.807) is 0 Å². The maximum Gasteiger partial charge on any atom is 0.307 e. The van der Waals surface area contributed by atoms with E-state index in [2.05, 4.69) is 25.7 Å². The number of hydrogen-bond donors (Lipinski definition) is 0. The van der Waals surface area contributed by atoms with Gasteiger partial charge < -0.3 is 9.64 Å². The van der Waals surface area contributed by atoms with Crippen LogP contribution in [0.15, 0.2) is 0 Å². The highest BCUT2D eigenvalue weighted by Crippen LogP contribution is 2.09. The van der Waals surface area contributed by atoms with Gasteiger partial charge in [-0.25, -0.2) is 0 Å². The average Bonchev–Trinajstić information content (AvgIpc) is 2.01. The number of hydrogen-bond acceptors (Lipinski definition) is 3. The second-order valence-electron chi connectivity index (χ2n) is 5.06. The molecule has 0 saturated carbocycles. The van der Waals surface area contributed by atoms with E-state index in [0.29, 0.717) is 12.5 Å². The standard InChI is InChI=1S/C12H25NO2/c1-7-13(10(2)3)9-8-11(14)15-12(4,5)6/h10H,7-9H2,1-6H3. The van der Waals surface area contributed by atoms with Crippen molar-refractivity contribution >= 4 is 5.97 Å². The molecule has 0 unspecified atom stereocenters. The molecule has 0 N–H and O–H groups in total. The number of nitrogens with zero attached hydrogens (tertiary/aromatic N) is 1. The minimum absolute atomic E-state index is 0.110. The molecule has 0 heterocycles. The second-order valence-corrected chi connectivity index (χ2v) is 5.06. The van der Waals surface area contributed by atoms with E-state index < -0.39 is 0 Å². The number of esters is 1. The van der Waals surface area contributed by atoms with Gasteiger partial charge in [0.1, 0.15) is 5.60 Å². The summed E-state index contributed by atoms with van der Waals surface area (Å²) in [6.07, 6.45) is 0.475. The van der Waals surface area contributed by atoms with Crippen LogP contribution >= 0.6 is 0 Å². The Labute approximate surface area is 93.8 Å². The van der Waals surface area contributed by atoms with Crippen molar-refractivity contribution in [1.29, 1.82) is 0 Å². The Bertz CT molecular complexity index is 194. The Morgan fingerprint density at radius 3 is 2.20 bits per heavy atom. The number of carbonyl (C=O) groups excluding carboxylic acids is 1. The van der Waals surface area contributed by atoms with Crippen molar-refractivity contribution in [2.75, 3.05) is 13.1 Å². The van der Waals surface area contributed by atoms with E-state index in [1.165, 1.54) is 0 Å². The zero-order valence-corrected chi connectivity index (χ0v) is 11.0. The number of ether oxygens (including phenoxy) is 1. The fourth-order valence-corrected chi connectivity index (χ4v) is 1.41. The maximum absolute atomic E-state index is 11.5. The first-order valence-electron chi connectivity index (χ1n) is 5.72. The van der Waals surface area contributed by atoms with Crippen molar-refractivity contribution in [2.45, 2.75) is 59.6 Å². The summed E-state index contributed by atoms with van der Waals surface area (Å²) in [7, 11) is 0. The first kappa shape index (κ1) is 14.4. The molecule has 0 spiro atoms. The molecule has 0 fully saturated rings. The highest BCUT2D eigenvalue weighted by molar-refractivity contribution is 5.70. The molecular weight excluding hydrogens is 190 g/mol. The van der Waals surface area contributed by atoms with Gasteiger partial charge in [-0.05, 0) is 41.2 Å². The van der Waals surface area contributed by atoms with Crippen LogP contribution in [0.4, 0.5) is 0 Å². The lowest BCUT2D eigenvalue weighted by Crippen LogP contribution is -2.34. The highest BCUT2D eigenvalue weighted by Gasteiger charge is 2.17. The minimum Gasteiger partial charge on any atom is -0.460 e. The van der Waals surface area contributed by atoms with Crippen LogP contribution in [0.1, 0.15) is 48.0 Å². The molecule has 0 rings (SSSR count). The molecular formula is C12H25NO2. The van der Waals surface area contributed by atoms with Crippen LogP contribution in [0, 0.1) is 0 Å². The molecule has 0 radical (unpaired) electrons. The SMILES string of the molecule is CCN(CCC(=O)OC(C)(C)C)C(C)C. The van der Waals surface area contributed by atoms with Crippen LogP contribution < -0.4 is 0 Å². The molecule has 0 aromatic heterocycles. The monoisotopic (exact) mass is 215 g/mol. The van der Waals surface area contributed by atoms with Gasteiger partial charge in [0.15, 0.2) is 0 Å². The molecule has 0 aliphatic rings. The van der Waals surface area contributed by atoms with Gasteiger partial charge in [-0.15, -0.1) is 0 Å². The Morgan fingerprint density at radius 2 is 1.87 bits per heavy atom. The molecule has 0 aromatic carbocycles. The first-order chi connectivity index (χ1) is 6.76. The zero-order valence-electron chi connectivity index (χ0n) is 11.0. The average molecular weight is 215 g/mol. The normalized spacial score (nSPS) is 12.3. The summed E-state index contributed by atoms with van der Waals surface area (Å²) in [5.74, 6) is -0.110. The summed E-state index contributed by atoms with van der Waals surface area (Å²) in [5.41, 5.74) is -0.369. The van der Waals surface area contributed by atoms with E-state index in [-0.39, 0.29) is 11.6 Å². The van der Waals surface area contributed by atoms with Crippen molar-refractivity contribution < 1.29 is 9.53 Å². The van der Waals surface area contributed by atoms with Gasteiger partial charge in [0.25, 0.3) is 0 Å². The third-order valence-corrected chi connectivity index (χ3v) is 2.16. The fourth-order valence-electron chi connectivity index (χ4n) is 1.41. The summed E-state index contributed by atoms with van der Waals surface area (Å²) < 4.78 is 5.25. The van der Waals surface area contributed by atoms with E-state index in [9.17, 15) is 4.79 Å². The van der Waals surface area contributed by atoms with Crippen LogP contribution in [-0.4, -0.2) is 35.6 Å². The zero-order chi connectivity index (χ0) is 12.1. The predicted molar refractivity (Wildman–Crippen MR) is 62.8 cm³/mol. The lowest BCUT2D eigenvalue weighted by atomic mass is 10.2. The van der Waals surface area contributed by atoms with Crippen LogP contribution in [0.25, 0.3) is 0 Å². The van der Waals surface area contributed by atoms with E-state index in [1.807, 2.05) is 20.8 Å². The molecule has 0 aromatic rings. The Morgan fingerprint density at radius 1 is 1.33 bits per heavy atom. The van der Waals surface area contributed by atoms with Crippen LogP contribution in [0.5, 0.6) is 0 Å². The smallest absolute Gasteiger partial charge is 0.307 e. The van der Waals surface area contributed by atoms with Crippen molar-refractivity contribution in [3.63, 3.8) is 0 Å². The number of rotatable bonds is 5. The summed E-state index contributed by atoms with van der Waals surface area (Å²) in [5, 5.41) is 0. The molecule has 0 aliphatic carbocycles. The lowest BCUT2D eigenvalue weighted by molar-refractivity contribution is -0.155. The minimum atomic E-state index is -0.369. The molecule has 0 bridgehead atoms. The molecule has 0 aliphatic heterocycles. The van der Waals surface area contributed by atoms with Crippen LogP contribution in [0.2, 0.25) is 0 Å². The molecule has 3 nitrogen and oxygen atoms in total. The van der Waals surface area contributed by atoms with Crippen molar-refractivity contribution in [3.8, 4) is 0 Å². The largest absolute Gasteiger partial charge is 0.460 e. The summed E-state index contributed by atoms with van der Waals surface area (Å²) in [6, 6.07) is 0.484. The highest BCUT2D eigenvalue weighted by atomic mass is 16.6. The topological polar surface area (TPSA) is 29.5 Å². The summed E-state index contributed by atoms with van der Waals surface area (Å²) >= 11 is 0. The molecule has 0 amide bonds. The van der Waals surface area contributed by atoms with Gasteiger partial charge in [0, 0.05) is 12.6 Å². The molecule has 0 saturated heterocycles. The molecule has 3 heteroatoms. The Kier molecular flexibility index (Phi) is 5.88.